The lowest BCUT2D eigenvalue weighted by molar-refractivity contribution is 0.577. The summed E-state index contributed by atoms with van der Waals surface area (Å²) in [5.74, 6) is 2.30. The van der Waals surface area contributed by atoms with Crippen molar-refractivity contribution >= 4 is 10.0 Å². The molecule has 0 fully saturated rings. The van der Waals surface area contributed by atoms with E-state index in [-0.39, 0.29) is 4.90 Å². The topological polar surface area (TPSA) is 46.2 Å². The van der Waals surface area contributed by atoms with Gasteiger partial charge in [-0.1, -0.05) is 24.1 Å². The van der Waals surface area contributed by atoms with Crippen LogP contribution in [0, 0.1) is 12.3 Å². The maximum absolute atomic E-state index is 11.6. The van der Waals surface area contributed by atoms with E-state index < -0.39 is 16.1 Å². The van der Waals surface area contributed by atoms with Crippen LogP contribution in [0.1, 0.15) is 6.92 Å². The van der Waals surface area contributed by atoms with Crippen LogP contribution < -0.4 is 4.72 Å². The molecule has 0 aliphatic heterocycles. The summed E-state index contributed by atoms with van der Waals surface area (Å²) >= 11 is 0. The lowest BCUT2D eigenvalue weighted by atomic mass is 10.4. The minimum atomic E-state index is -3.46. The second-order valence-electron chi connectivity index (χ2n) is 2.82. The molecule has 0 aliphatic carbocycles. The molecule has 1 aromatic carbocycles. The highest BCUT2D eigenvalue weighted by atomic mass is 32.2. The van der Waals surface area contributed by atoms with Crippen LogP contribution >= 0.6 is 0 Å². The van der Waals surface area contributed by atoms with E-state index in [0.29, 0.717) is 0 Å². The van der Waals surface area contributed by atoms with Crippen LogP contribution in [0.2, 0.25) is 0 Å². The normalized spacial score (nSPS) is 13.1. The van der Waals surface area contributed by atoms with E-state index in [2.05, 4.69) is 10.6 Å². The first-order chi connectivity index (χ1) is 6.56. The van der Waals surface area contributed by atoms with Crippen LogP contribution in [-0.2, 0) is 10.0 Å². The Morgan fingerprint density at radius 1 is 1.36 bits per heavy atom. The lowest BCUT2D eigenvalue weighted by Gasteiger charge is -2.08. The minimum absolute atomic E-state index is 0.224. The largest absolute Gasteiger partial charge is 0.241 e. The highest BCUT2D eigenvalue weighted by Gasteiger charge is 2.14. The first kappa shape index (κ1) is 10.8. The molecule has 0 amide bonds. The third-order valence-electron chi connectivity index (χ3n) is 1.64. The molecule has 0 heterocycles. The fraction of sp³-hybridized carbons (Fsp3) is 0.200. The monoisotopic (exact) mass is 209 g/mol. The van der Waals surface area contributed by atoms with Crippen molar-refractivity contribution in [2.75, 3.05) is 0 Å². The van der Waals surface area contributed by atoms with Gasteiger partial charge in [0.25, 0.3) is 0 Å². The van der Waals surface area contributed by atoms with E-state index in [9.17, 15) is 8.42 Å². The molecule has 0 saturated heterocycles. The van der Waals surface area contributed by atoms with E-state index in [1.165, 1.54) is 12.1 Å². The minimum Gasteiger partial charge on any atom is -0.207 e. The highest BCUT2D eigenvalue weighted by Crippen LogP contribution is 2.07. The Morgan fingerprint density at radius 3 is 2.43 bits per heavy atom. The SMILES string of the molecule is C#C[C@H](C)NS(=O)(=O)c1ccccc1. The van der Waals surface area contributed by atoms with E-state index in [0.717, 1.165) is 0 Å². The number of nitrogens with one attached hydrogen (secondary N) is 1. The molecule has 1 rings (SSSR count). The predicted octanol–water partition coefficient (Wildman–Crippen LogP) is 0.987. The Morgan fingerprint density at radius 2 is 1.93 bits per heavy atom. The van der Waals surface area contributed by atoms with Gasteiger partial charge in [0.1, 0.15) is 0 Å². The maximum Gasteiger partial charge on any atom is 0.241 e. The van der Waals surface area contributed by atoms with Gasteiger partial charge >= 0.3 is 0 Å². The molecule has 3 nitrogen and oxygen atoms in total. The van der Waals surface area contributed by atoms with Crippen LogP contribution in [0.25, 0.3) is 0 Å². The third-order valence-corrected chi connectivity index (χ3v) is 3.19. The summed E-state index contributed by atoms with van der Waals surface area (Å²) in [7, 11) is -3.46. The number of rotatable bonds is 3. The average molecular weight is 209 g/mol. The summed E-state index contributed by atoms with van der Waals surface area (Å²) in [4.78, 5) is 0.224. The standard InChI is InChI=1S/C10H11NO2S/c1-3-9(2)11-14(12,13)10-7-5-4-6-8-10/h1,4-9,11H,2H3/t9-/m0/s1. The Labute approximate surface area is 84.2 Å². The molecule has 0 radical (unpaired) electrons. The van der Waals surface area contributed by atoms with Gasteiger partial charge in [0.15, 0.2) is 0 Å². The molecule has 0 spiro atoms. The maximum atomic E-state index is 11.6. The summed E-state index contributed by atoms with van der Waals surface area (Å²) in [6.45, 7) is 1.61. The molecule has 0 unspecified atom stereocenters. The van der Waals surface area contributed by atoms with Gasteiger partial charge in [-0.15, -0.1) is 6.42 Å². The summed E-state index contributed by atoms with van der Waals surface area (Å²) in [5, 5.41) is 0. The summed E-state index contributed by atoms with van der Waals surface area (Å²) in [6.07, 6.45) is 5.08. The number of hydrogen-bond acceptors (Lipinski definition) is 2. The number of hydrogen-bond donors (Lipinski definition) is 1. The first-order valence-corrected chi connectivity index (χ1v) is 5.58. The molecule has 0 aliphatic rings. The molecule has 0 saturated carbocycles. The van der Waals surface area contributed by atoms with E-state index in [1.807, 2.05) is 0 Å². The van der Waals surface area contributed by atoms with Crippen LogP contribution in [0.15, 0.2) is 35.2 Å². The fourth-order valence-electron chi connectivity index (χ4n) is 0.934. The Kier molecular flexibility index (Phi) is 3.28. The van der Waals surface area contributed by atoms with Crippen LogP contribution in [0.5, 0.6) is 0 Å². The van der Waals surface area contributed by atoms with Gasteiger partial charge in [0, 0.05) is 0 Å². The summed E-state index contributed by atoms with van der Waals surface area (Å²) < 4.78 is 25.5. The van der Waals surface area contributed by atoms with Crippen molar-refractivity contribution in [1.29, 1.82) is 0 Å². The number of terminal acetylenes is 1. The van der Waals surface area contributed by atoms with Crippen LogP contribution in [-0.4, -0.2) is 14.5 Å². The van der Waals surface area contributed by atoms with Crippen molar-refractivity contribution in [3.8, 4) is 12.3 Å². The second kappa shape index (κ2) is 4.27. The van der Waals surface area contributed by atoms with Crippen molar-refractivity contribution in [3.63, 3.8) is 0 Å². The van der Waals surface area contributed by atoms with Crippen LogP contribution in [0.3, 0.4) is 0 Å². The lowest BCUT2D eigenvalue weighted by Crippen LogP contribution is -2.31. The average Bonchev–Trinajstić information content (AvgIpc) is 2.18. The molecular weight excluding hydrogens is 198 g/mol. The van der Waals surface area contributed by atoms with Crippen molar-refractivity contribution in [2.24, 2.45) is 0 Å². The molecule has 14 heavy (non-hydrogen) atoms. The van der Waals surface area contributed by atoms with Crippen molar-refractivity contribution < 1.29 is 8.42 Å². The fourth-order valence-corrected chi connectivity index (χ4v) is 2.12. The van der Waals surface area contributed by atoms with E-state index in [4.69, 9.17) is 6.42 Å². The van der Waals surface area contributed by atoms with Crippen molar-refractivity contribution in [2.45, 2.75) is 17.9 Å². The first-order valence-electron chi connectivity index (χ1n) is 4.10. The summed E-state index contributed by atoms with van der Waals surface area (Å²) in [5.41, 5.74) is 0. The van der Waals surface area contributed by atoms with E-state index >= 15 is 0 Å². The Hall–Kier alpha value is -1.31. The third kappa shape index (κ3) is 2.59. The highest BCUT2D eigenvalue weighted by molar-refractivity contribution is 7.89. The molecular formula is C10H11NO2S. The van der Waals surface area contributed by atoms with Gasteiger partial charge in [-0.05, 0) is 19.1 Å². The molecule has 0 aromatic heterocycles. The Bertz CT molecular complexity index is 431. The van der Waals surface area contributed by atoms with Crippen LogP contribution in [0.4, 0.5) is 0 Å². The zero-order valence-electron chi connectivity index (χ0n) is 7.77. The molecule has 1 aromatic rings. The molecule has 1 atom stereocenters. The zero-order valence-corrected chi connectivity index (χ0v) is 8.58. The van der Waals surface area contributed by atoms with Crippen molar-refractivity contribution in [1.82, 2.24) is 4.72 Å². The molecule has 0 bridgehead atoms. The van der Waals surface area contributed by atoms with Gasteiger partial charge in [-0.25, -0.2) is 8.42 Å². The zero-order chi connectivity index (χ0) is 10.6. The Balaban J connectivity index is 2.94. The smallest absolute Gasteiger partial charge is 0.207 e. The predicted molar refractivity (Wildman–Crippen MR) is 55.1 cm³/mol. The molecule has 74 valence electrons. The van der Waals surface area contributed by atoms with Gasteiger partial charge in [0.2, 0.25) is 10.0 Å². The van der Waals surface area contributed by atoms with Crippen molar-refractivity contribution in [3.05, 3.63) is 30.3 Å². The second-order valence-corrected chi connectivity index (χ2v) is 4.54. The van der Waals surface area contributed by atoms with E-state index in [1.54, 1.807) is 25.1 Å². The van der Waals surface area contributed by atoms with Gasteiger partial charge in [-0.3, -0.25) is 0 Å². The number of benzene rings is 1. The quantitative estimate of drug-likeness (QED) is 0.754. The number of sulfonamides is 1. The van der Waals surface area contributed by atoms with Gasteiger partial charge < -0.3 is 0 Å². The molecule has 1 N–H and O–H groups in total. The van der Waals surface area contributed by atoms with Gasteiger partial charge in [-0.2, -0.15) is 4.72 Å². The molecule has 4 heteroatoms. The summed E-state index contributed by atoms with van der Waals surface area (Å²) in [6, 6.07) is 7.62. The van der Waals surface area contributed by atoms with Gasteiger partial charge in [0.05, 0.1) is 10.9 Å².